The van der Waals surface area contributed by atoms with Crippen LogP contribution in [-0.4, -0.2) is 84.0 Å². The van der Waals surface area contributed by atoms with E-state index in [1.54, 1.807) is 4.68 Å². The first-order valence-electron chi connectivity index (χ1n) is 16.1. The van der Waals surface area contributed by atoms with Crippen LogP contribution in [0.25, 0.3) is 11.1 Å². The summed E-state index contributed by atoms with van der Waals surface area (Å²) in [5.74, 6) is -0.00697. The van der Waals surface area contributed by atoms with Gasteiger partial charge in [0.05, 0.1) is 24.2 Å². The molecule has 3 aromatic rings. The minimum absolute atomic E-state index is 0.00697. The lowest BCUT2D eigenvalue weighted by atomic mass is 9.90. The molecule has 5 rings (SSSR count). The molecule has 2 heterocycles. The molecule has 3 N–H and O–H groups in total. The van der Waals surface area contributed by atoms with E-state index in [4.69, 9.17) is 10.5 Å². The van der Waals surface area contributed by atoms with Crippen molar-refractivity contribution >= 4 is 23.4 Å². The van der Waals surface area contributed by atoms with E-state index >= 15 is 0 Å². The minimum Gasteiger partial charge on any atom is -0.453 e. The lowest BCUT2D eigenvalue weighted by Gasteiger charge is -2.36. The van der Waals surface area contributed by atoms with Gasteiger partial charge in [-0.15, -0.1) is 0 Å². The van der Waals surface area contributed by atoms with Crippen LogP contribution in [0.3, 0.4) is 0 Å². The summed E-state index contributed by atoms with van der Waals surface area (Å²) < 4.78 is 6.67. The number of aromatic nitrogens is 2. The standard InChI is InChI=1S/C35H49N7O3/c1-35(2,3)32-22-31(40(5)38-32)33(43)42(28-13-11-27(36)12-14-28)23-24-8-7-9-25(20-24)26-10-15-30(29(21-26)37-34(44)45-6)41-18-16-39(4)17-19-41/h7-10,15,20-22,27-28H,11-14,16-19,23,36H2,1-6H3,(H,37,44). The Hall–Kier alpha value is -3.89. The Morgan fingerprint density at radius 3 is 2.31 bits per heavy atom. The van der Waals surface area contributed by atoms with E-state index in [9.17, 15) is 9.59 Å². The second-order valence-corrected chi connectivity index (χ2v) is 13.6. The smallest absolute Gasteiger partial charge is 0.411 e. The Morgan fingerprint density at radius 2 is 1.67 bits per heavy atom. The van der Waals surface area contributed by atoms with E-state index in [2.05, 4.69) is 78.4 Å². The number of nitrogens with one attached hydrogen (secondary N) is 1. The van der Waals surface area contributed by atoms with Gasteiger partial charge in [-0.2, -0.15) is 5.10 Å². The molecule has 10 nitrogen and oxygen atoms in total. The molecule has 1 aliphatic carbocycles. The number of carbonyl (C=O) groups excluding carboxylic acids is 2. The Balaban J connectivity index is 1.45. The van der Waals surface area contributed by atoms with Gasteiger partial charge in [0, 0.05) is 57.3 Å². The molecule has 2 aromatic carbocycles. The van der Waals surface area contributed by atoms with Crippen molar-refractivity contribution in [3.05, 3.63) is 65.5 Å². The van der Waals surface area contributed by atoms with Gasteiger partial charge in [-0.1, -0.05) is 45.0 Å². The van der Waals surface area contributed by atoms with Crippen molar-refractivity contribution in [3.8, 4) is 11.1 Å². The number of ether oxygens (including phenoxy) is 1. The first-order valence-corrected chi connectivity index (χ1v) is 16.1. The second-order valence-electron chi connectivity index (χ2n) is 13.6. The van der Waals surface area contributed by atoms with Gasteiger partial charge in [0.15, 0.2) is 0 Å². The number of methoxy groups -OCH3 is 1. The first-order chi connectivity index (χ1) is 21.4. The fraction of sp³-hybridized carbons (Fsp3) is 0.514. The van der Waals surface area contributed by atoms with Gasteiger partial charge in [-0.05, 0) is 73.7 Å². The number of anilines is 2. The Morgan fingerprint density at radius 1 is 0.978 bits per heavy atom. The quantitative estimate of drug-likeness (QED) is 0.375. The van der Waals surface area contributed by atoms with E-state index in [-0.39, 0.29) is 23.4 Å². The third-order valence-corrected chi connectivity index (χ3v) is 9.19. The van der Waals surface area contributed by atoms with Crippen molar-refractivity contribution in [2.24, 2.45) is 12.8 Å². The summed E-state index contributed by atoms with van der Waals surface area (Å²) in [6.07, 6.45) is 3.08. The number of piperazine rings is 1. The highest BCUT2D eigenvalue weighted by Gasteiger charge is 2.31. The largest absolute Gasteiger partial charge is 0.453 e. The summed E-state index contributed by atoms with van der Waals surface area (Å²) in [7, 11) is 5.35. The highest BCUT2D eigenvalue weighted by Crippen LogP contribution is 2.34. The molecule has 0 atom stereocenters. The van der Waals surface area contributed by atoms with Crippen LogP contribution in [0.2, 0.25) is 0 Å². The maximum atomic E-state index is 14.2. The van der Waals surface area contributed by atoms with Gasteiger partial charge < -0.3 is 25.2 Å². The highest BCUT2D eigenvalue weighted by atomic mass is 16.5. The number of rotatable bonds is 7. The molecular weight excluding hydrogens is 566 g/mol. The maximum absolute atomic E-state index is 14.2. The number of likely N-dealkylation sites (N-methyl/N-ethyl adjacent to an activating group) is 1. The fourth-order valence-corrected chi connectivity index (χ4v) is 6.31. The van der Waals surface area contributed by atoms with Gasteiger partial charge >= 0.3 is 6.09 Å². The highest BCUT2D eigenvalue weighted by molar-refractivity contribution is 5.93. The number of aryl methyl sites for hydroxylation is 1. The SMILES string of the molecule is COC(=O)Nc1cc(-c2cccc(CN(C(=O)c3cc(C(C)(C)C)nn3C)C3CCC(N)CC3)c2)ccc1N1CCN(C)CC1. The molecule has 242 valence electrons. The van der Waals surface area contributed by atoms with Crippen molar-refractivity contribution in [1.82, 2.24) is 19.6 Å². The van der Waals surface area contributed by atoms with E-state index in [0.717, 1.165) is 85.6 Å². The van der Waals surface area contributed by atoms with Crippen LogP contribution >= 0.6 is 0 Å². The lowest BCUT2D eigenvalue weighted by molar-refractivity contribution is 0.0595. The average Bonchev–Trinajstić information content (AvgIpc) is 3.43. The van der Waals surface area contributed by atoms with Crippen LogP contribution in [0.4, 0.5) is 16.2 Å². The molecule has 0 spiro atoms. The monoisotopic (exact) mass is 615 g/mol. The molecular formula is C35H49N7O3. The topological polar surface area (TPSA) is 109 Å². The van der Waals surface area contributed by atoms with Gasteiger partial charge in [0.2, 0.25) is 0 Å². The van der Waals surface area contributed by atoms with E-state index in [0.29, 0.717) is 12.2 Å². The van der Waals surface area contributed by atoms with Gasteiger partial charge in [0.1, 0.15) is 5.69 Å². The molecule has 45 heavy (non-hydrogen) atoms. The van der Waals surface area contributed by atoms with Crippen molar-refractivity contribution in [1.29, 1.82) is 0 Å². The van der Waals surface area contributed by atoms with Gasteiger partial charge in [-0.3, -0.25) is 14.8 Å². The lowest BCUT2D eigenvalue weighted by Crippen LogP contribution is -2.44. The number of carbonyl (C=O) groups is 2. The summed E-state index contributed by atoms with van der Waals surface area (Å²) in [6.45, 7) is 10.5. The third kappa shape index (κ3) is 7.68. The van der Waals surface area contributed by atoms with Crippen molar-refractivity contribution in [2.45, 2.75) is 70.5 Å². The average molecular weight is 616 g/mol. The van der Waals surface area contributed by atoms with Gasteiger partial charge in [-0.25, -0.2) is 4.79 Å². The summed E-state index contributed by atoms with van der Waals surface area (Å²) in [6, 6.07) is 16.8. The Labute approximate surface area is 267 Å². The van der Waals surface area contributed by atoms with Crippen LogP contribution in [0.5, 0.6) is 0 Å². The van der Waals surface area contributed by atoms with Crippen LogP contribution in [-0.2, 0) is 23.7 Å². The van der Waals surface area contributed by atoms with Gasteiger partial charge in [0.25, 0.3) is 5.91 Å². The molecule has 2 aliphatic rings. The van der Waals surface area contributed by atoms with Crippen LogP contribution in [0.15, 0.2) is 48.5 Å². The minimum atomic E-state index is -0.498. The van der Waals surface area contributed by atoms with Crippen molar-refractivity contribution in [3.63, 3.8) is 0 Å². The molecule has 1 aromatic heterocycles. The molecule has 0 bridgehead atoms. The Kier molecular flexibility index (Phi) is 9.84. The van der Waals surface area contributed by atoms with E-state index in [1.165, 1.54) is 7.11 Å². The van der Waals surface area contributed by atoms with Crippen molar-refractivity contribution < 1.29 is 14.3 Å². The van der Waals surface area contributed by atoms with Crippen LogP contribution in [0.1, 0.15) is 68.2 Å². The summed E-state index contributed by atoms with van der Waals surface area (Å²) in [5, 5.41) is 7.62. The predicted octanol–water partition coefficient (Wildman–Crippen LogP) is 5.23. The Bertz CT molecular complexity index is 1500. The number of nitrogens with two attached hydrogens (primary N) is 1. The fourth-order valence-electron chi connectivity index (χ4n) is 6.31. The molecule has 0 unspecified atom stereocenters. The number of hydrogen-bond donors (Lipinski definition) is 2. The zero-order chi connectivity index (χ0) is 32.3. The summed E-state index contributed by atoms with van der Waals surface area (Å²) >= 11 is 0. The molecule has 1 saturated carbocycles. The van der Waals surface area contributed by atoms with Crippen LogP contribution < -0.4 is 16.0 Å². The molecule has 0 radical (unpaired) electrons. The molecule has 1 saturated heterocycles. The molecule has 2 amide bonds. The van der Waals surface area contributed by atoms with E-state index < -0.39 is 6.09 Å². The zero-order valence-electron chi connectivity index (χ0n) is 27.7. The van der Waals surface area contributed by atoms with Crippen LogP contribution in [0, 0.1) is 0 Å². The predicted molar refractivity (Wildman–Crippen MR) is 180 cm³/mol. The van der Waals surface area contributed by atoms with E-state index in [1.807, 2.05) is 30.1 Å². The summed E-state index contributed by atoms with van der Waals surface area (Å²) in [5.41, 5.74) is 12.3. The first kappa shape index (κ1) is 32.5. The number of hydrogen-bond acceptors (Lipinski definition) is 7. The molecule has 1 aliphatic heterocycles. The maximum Gasteiger partial charge on any atom is 0.411 e. The zero-order valence-corrected chi connectivity index (χ0v) is 27.7. The normalized spacial score (nSPS) is 19.3. The number of nitrogens with zero attached hydrogens (tertiary/aromatic N) is 5. The number of amides is 2. The second kappa shape index (κ2) is 13.6. The third-order valence-electron chi connectivity index (χ3n) is 9.19. The van der Waals surface area contributed by atoms with Crippen molar-refractivity contribution in [2.75, 3.05) is 50.6 Å². The molecule has 10 heteroatoms. The number of benzene rings is 2. The molecule has 2 fully saturated rings. The summed E-state index contributed by atoms with van der Waals surface area (Å²) in [4.78, 5) is 33.1.